The Morgan fingerprint density at radius 3 is 2.52 bits per heavy atom. The molecule has 2 nitrogen and oxygen atoms in total. The van der Waals surface area contributed by atoms with Crippen LogP contribution in [0.15, 0.2) is 24.3 Å². The van der Waals surface area contributed by atoms with Gasteiger partial charge in [-0.05, 0) is 78.3 Å². The Bertz CT molecular complexity index is 584. The Morgan fingerprint density at radius 1 is 1.17 bits per heavy atom. The number of benzene rings is 1. The van der Waals surface area contributed by atoms with E-state index in [1.807, 2.05) is 24.3 Å². The van der Waals surface area contributed by atoms with Gasteiger partial charge in [-0.15, -0.1) is 23.5 Å². The first-order chi connectivity index (χ1) is 11.2. The van der Waals surface area contributed by atoms with Crippen LogP contribution in [0.1, 0.15) is 32.1 Å². The number of carbonyl (C=O) groups excluding carboxylic acids is 1. The van der Waals surface area contributed by atoms with E-state index in [2.05, 4.69) is 46.1 Å². The summed E-state index contributed by atoms with van der Waals surface area (Å²) in [6, 6.07) is 7.78. The van der Waals surface area contributed by atoms with Crippen molar-refractivity contribution in [1.82, 2.24) is 0 Å². The highest BCUT2D eigenvalue weighted by Crippen LogP contribution is 2.64. The highest BCUT2D eigenvalue weighted by molar-refractivity contribution is 14.1. The third kappa shape index (κ3) is 3.17. The maximum atomic E-state index is 12.7. The molecule has 0 aromatic heterocycles. The Kier molecular flexibility index (Phi) is 4.89. The van der Waals surface area contributed by atoms with Gasteiger partial charge in [0.2, 0.25) is 0 Å². The zero-order valence-corrected chi connectivity index (χ0v) is 16.8. The number of ether oxygens (including phenoxy) is 1. The van der Waals surface area contributed by atoms with Crippen LogP contribution in [-0.2, 0) is 4.79 Å². The molecule has 2 saturated carbocycles. The molecule has 5 heteroatoms. The largest absolute Gasteiger partial charge is 0.426 e. The van der Waals surface area contributed by atoms with E-state index in [1.54, 1.807) is 0 Å². The van der Waals surface area contributed by atoms with E-state index in [9.17, 15) is 4.79 Å². The fourth-order valence-corrected chi connectivity index (χ4v) is 8.98. The third-order valence-corrected chi connectivity index (χ3v) is 10.2. The lowest BCUT2D eigenvalue weighted by molar-refractivity contribution is -0.141. The number of thioether (sulfide) groups is 2. The summed E-state index contributed by atoms with van der Waals surface area (Å²) in [5.74, 6) is 4.74. The molecule has 1 spiro atoms. The normalized spacial score (nSPS) is 32.0. The predicted molar refractivity (Wildman–Crippen MR) is 106 cm³/mol. The summed E-state index contributed by atoms with van der Waals surface area (Å²) in [6.45, 7) is 0. The molecule has 2 aliphatic carbocycles. The van der Waals surface area contributed by atoms with Gasteiger partial charge in [0.15, 0.2) is 0 Å². The average Bonchev–Trinajstić information content (AvgIpc) is 2.96. The highest BCUT2D eigenvalue weighted by atomic mass is 127. The summed E-state index contributed by atoms with van der Waals surface area (Å²) in [4.78, 5) is 12.7. The SMILES string of the molecule is O=C(Oc1cccc(I)c1)C1CC2CCCC(C1)C21SCCS1. The molecule has 2 unspecified atom stereocenters. The van der Waals surface area contributed by atoms with Crippen molar-refractivity contribution in [2.45, 2.75) is 36.2 Å². The van der Waals surface area contributed by atoms with Crippen LogP contribution < -0.4 is 4.74 Å². The van der Waals surface area contributed by atoms with Crippen LogP contribution in [0.3, 0.4) is 0 Å². The summed E-state index contributed by atoms with van der Waals surface area (Å²) in [5, 5.41) is 0. The molecule has 1 saturated heterocycles. The molecule has 2 atom stereocenters. The minimum absolute atomic E-state index is 0.00764. The van der Waals surface area contributed by atoms with Crippen molar-refractivity contribution < 1.29 is 9.53 Å². The fourth-order valence-electron chi connectivity index (χ4n) is 4.53. The average molecular weight is 460 g/mol. The Hall–Kier alpha value is 0.120. The van der Waals surface area contributed by atoms with Crippen molar-refractivity contribution in [2.24, 2.45) is 17.8 Å². The number of hydrogen-bond acceptors (Lipinski definition) is 4. The predicted octanol–water partition coefficient (Wildman–Crippen LogP) is 5.20. The molecule has 3 aliphatic rings. The first-order valence-electron chi connectivity index (χ1n) is 8.42. The van der Waals surface area contributed by atoms with Crippen LogP contribution >= 0.6 is 46.1 Å². The molecule has 23 heavy (non-hydrogen) atoms. The van der Waals surface area contributed by atoms with E-state index in [1.165, 1.54) is 30.8 Å². The minimum Gasteiger partial charge on any atom is -0.426 e. The van der Waals surface area contributed by atoms with E-state index in [-0.39, 0.29) is 11.9 Å². The third-order valence-electron chi connectivity index (χ3n) is 5.47. The van der Waals surface area contributed by atoms with Gasteiger partial charge < -0.3 is 4.74 Å². The second-order valence-electron chi connectivity index (χ2n) is 6.79. The number of carbonyl (C=O) groups is 1. The lowest BCUT2D eigenvalue weighted by Gasteiger charge is -2.51. The summed E-state index contributed by atoms with van der Waals surface area (Å²) in [7, 11) is 0. The molecule has 4 rings (SSSR count). The molecule has 0 amide bonds. The Balaban J connectivity index is 1.48. The van der Waals surface area contributed by atoms with Gasteiger partial charge >= 0.3 is 5.97 Å². The van der Waals surface area contributed by atoms with Gasteiger partial charge in [-0.25, -0.2) is 0 Å². The van der Waals surface area contributed by atoms with Crippen molar-refractivity contribution >= 4 is 52.1 Å². The maximum Gasteiger partial charge on any atom is 0.314 e. The number of hydrogen-bond donors (Lipinski definition) is 0. The standard InChI is InChI=1S/C18H21IO2S2/c19-15-5-2-6-16(11-15)21-17(20)12-9-13-3-1-4-14(10-12)18(13)22-7-8-23-18/h2,5-6,11-14H,1,3-4,7-10H2. The number of rotatable bonds is 2. The van der Waals surface area contributed by atoms with Gasteiger partial charge in [0, 0.05) is 15.1 Å². The summed E-state index contributed by atoms with van der Waals surface area (Å²) < 4.78 is 7.22. The Labute approximate surface area is 160 Å². The highest BCUT2D eigenvalue weighted by Gasteiger charge is 2.55. The van der Waals surface area contributed by atoms with Crippen LogP contribution in [0, 0.1) is 21.3 Å². The smallest absolute Gasteiger partial charge is 0.314 e. The first kappa shape index (κ1) is 16.6. The van der Waals surface area contributed by atoms with Gasteiger partial charge in [-0.3, -0.25) is 4.79 Å². The van der Waals surface area contributed by atoms with Gasteiger partial charge in [-0.2, -0.15) is 0 Å². The molecular formula is C18H21IO2S2. The summed E-state index contributed by atoms with van der Waals surface area (Å²) >= 11 is 6.63. The van der Waals surface area contributed by atoms with Crippen molar-refractivity contribution in [2.75, 3.05) is 11.5 Å². The minimum atomic E-state index is -0.00764. The zero-order valence-electron chi connectivity index (χ0n) is 13.0. The van der Waals surface area contributed by atoms with Crippen LogP contribution in [0.5, 0.6) is 5.75 Å². The van der Waals surface area contributed by atoms with Crippen molar-refractivity contribution in [1.29, 1.82) is 0 Å². The summed E-state index contributed by atoms with van der Waals surface area (Å²) in [5.41, 5.74) is 0. The molecule has 0 radical (unpaired) electrons. The van der Waals surface area contributed by atoms with Gasteiger partial charge in [0.05, 0.1) is 10.00 Å². The first-order valence-corrected chi connectivity index (χ1v) is 11.5. The number of halogens is 1. The maximum absolute atomic E-state index is 12.7. The fraction of sp³-hybridized carbons (Fsp3) is 0.611. The summed E-state index contributed by atoms with van der Waals surface area (Å²) in [6.07, 6.45) is 5.99. The second-order valence-corrected chi connectivity index (χ2v) is 11.0. The molecule has 124 valence electrons. The zero-order chi connectivity index (χ0) is 15.9. The van der Waals surface area contributed by atoms with E-state index in [4.69, 9.17) is 4.74 Å². The van der Waals surface area contributed by atoms with E-state index in [0.717, 1.165) is 16.4 Å². The molecule has 1 aromatic carbocycles. The van der Waals surface area contributed by atoms with Crippen LogP contribution in [0.25, 0.3) is 0 Å². The van der Waals surface area contributed by atoms with Crippen LogP contribution in [0.2, 0.25) is 0 Å². The lowest BCUT2D eigenvalue weighted by Crippen LogP contribution is -2.48. The topological polar surface area (TPSA) is 26.3 Å². The monoisotopic (exact) mass is 460 g/mol. The molecule has 3 fully saturated rings. The van der Waals surface area contributed by atoms with Crippen LogP contribution in [-0.4, -0.2) is 21.6 Å². The van der Waals surface area contributed by atoms with E-state index >= 15 is 0 Å². The second kappa shape index (κ2) is 6.79. The quantitative estimate of drug-likeness (QED) is 0.344. The van der Waals surface area contributed by atoms with Gasteiger partial charge in [0.25, 0.3) is 0 Å². The van der Waals surface area contributed by atoms with Crippen molar-refractivity contribution in [3.63, 3.8) is 0 Å². The molecule has 1 heterocycles. The van der Waals surface area contributed by atoms with Gasteiger partial charge in [0.1, 0.15) is 5.75 Å². The van der Waals surface area contributed by atoms with E-state index in [0.29, 0.717) is 21.7 Å². The van der Waals surface area contributed by atoms with Crippen LogP contribution in [0.4, 0.5) is 0 Å². The molecule has 1 aromatic rings. The molecular weight excluding hydrogens is 439 g/mol. The molecule has 2 bridgehead atoms. The molecule has 0 N–H and O–H groups in total. The van der Waals surface area contributed by atoms with E-state index < -0.39 is 0 Å². The molecule has 1 aliphatic heterocycles. The Morgan fingerprint density at radius 2 is 1.87 bits per heavy atom. The lowest BCUT2D eigenvalue weighted by atomic mass is 9.67. The van der Waals surface area contributed by atoms with Gasteiger partial charge in [-0.1, -0.05) is 12.5 Å². The number of esters is 1. The van der Waals surface area contributed by atoms with Crippen molar-refractivity contribution in [3.05, 3.63) is 27.8 Å². The van der Waals surface area contributed by atoms with Crippen molar-refractivity contribution in [3.8, 4) is 5.75 Å².